The molecular weight excluding hydrogens is 278 g/mol. The first-order valence-corrected chi connectivity index (χ1v) is 7.69. The first kappa shape index (κ1) is 14.6. The second kappa shape index (κ2) is 6.64. The minimum atomic E-state index is 0.0428. The van der Waals surface area contributed by atoms with Gasteiger partial charge in [-0.1, -0.05) is 12.1 Å². The summed E-state index contributed by atoms with van der Waals surface area (Å²) in [5.74, 6) is 1.96. The minimum absolute atomic E-state index is 0.0428. The summed E-state index contributed by atoms with van der Waals surface area (Å²) in [5.41, 5.74) is 1.15. The number of aromatic nitrogens is 2. The lowest BCUT2D eigenvalue weighted by Gasteiger charge is -2.24. The molecule has 1 aliphatic heterocycles. The van der Waals surface area contributed by atoms with Crippen LogP contribution in [0.4, 0.5) is 0 Å². The van der Waals surface area contributed by atoms with E-state index in [0.29, 0.717) is 13.0 Å². The molecule has 3 rings (SSSR count). The third-order valence-corrected chi connectivity index (χ3v) is 3.89. The Morgan fingerprint density at radius 1 is 1.50 bits per heavy atom. The molecule has 1 N–H and O–H groups in total. The fourth-order valence-corrected chi connectivity index (χ4v) is 2.75. The Hall–Kier alpha value is -2.30. The number of carbonyl (C=O) groups excluding carboxylic acids is 1. The van der Waals surface area contributed by atoms with E-state index in [1.54, 1.807) is 0 Å². The maximum Gasteiger partial charge on any atom is 0.223 e. The van der Waals surface area contributed by atoms with Crippen LogP contribution in [0.5, 0.6) is 5.75 Å². The minimum Gasteiger partial charge on any atom is -0.493 e. The molecule has 0 bridgehead atoms. The number of fused-ring (bicyclic) bond motifs is 1. The van der Waals surface area contributed by atoms with Gasteiger partial charge in [0.1, 0.15) is 11.6 Å². The Morgan fingerprint density at radius 2 is 2.41 bits per heavy atom. The van der Waals surface area contributed by atoms with Crippen molar-refractivity contribution in [2.24, 2.45) is 0 Å². The molecule has 2 heterocycles. The number of imidazole rings is 1. The van der Waals surface area contributed by atoms with Crippen molar-refractivity contribution in [2.45, 2.75) is 38.8 Å². The highest BCUT2D eigenvalue weighted by Crippen LogP contribution is 2.14. The quantitative estimate of drug-likeness (QED) is 0.920. The molecule has 1 atom stereocenters. The van der Waals surface area contributed by atoms with E-state index in [2.05, 4.69) is 14.9 Å². The fourth-order valence-electron chi connectivity index (χ4n) is 2.75. The van der Waals surface area contributed by atoms with Crippen LogP contribution in [0, 0.1) is 6.92 Å². The number of aryl methyl sites for hydroxylation is 2. The van der Waals surface area contributed by atoms with Gasteiger partial charge in [0.05, 0.1) is 13.0 Å². The van der Waals surface area contributed by atoms with E-state index >= 15 is 0 Å². The van der Waals surface area contributed by atoms with Crippen LogP contribution in [0.2, 0.25) is 0 Å². The highest BCUT2D eigenvalue weighted by molar-refractivity contribution is 5.76. The molecule has 1 aromatic carbocycles. The van der Waals surface area contributed by atoms with Crippen molar-refractivity contribution in [1.82, 2.24) is 14.9 Å². The number of benzene rings is 1. The highest BCUT2D eigenvalue weighted by Gasteiger charge is 2.20. The molecule has 1 unspecified atom stereocenters. The maximum absolute atomic E-state index is 12.0. The third kappa shape index (κ3) is 3.67. The van der Waals surface area contributed by atoms with Gasteiger partial charge in [-0.2, -0.15) is 0 Å². The number of nitrogens with zero attached hydrogens (tertiary/aromatic N) is 2. The van der Waals surface area contributed by atoms with E-state index in [4.69, 9.17) is 4.74 Å². The predicted octanol–water partition coefficient (Wildman–Crippen LogP) is 2.09. The van der Waals surface area contributed by atoms with Gasteiger partial charge < -0.3 is 14.6 Å². The Kier molecular flexibility index (Phi) is 4.42. The summed E-state index contributed by atoms with van der Waals surface area (Å²) in [4.78, 5) is 16.3. The van der Waals surface area contributed by atoms with Gasteiger partial charge in [-0.05, 0) is 31.0 Å². The van der Waals surface area contributed by atoms with Gasteiger partial charge in [0.15, 0.2) is 0 Å². The molecule has 2 aromatic rings. The van der Waals surface area contributed by atoms with Gasteiger partial charge in [0.25, 0.3) is 0 Å². The van der Waals surface area contributed by atoms with E-state index < -0.39 is 0 Å². The summed E-state index contributed by atoms with van der Waals surface area (Å²) in [6.45, 7) is 3.23. The molecule has 5 heteroatoms. The SMILES string of the molecule is Cc1cccc(OCCC(=O)NC2CCc3nccn3C2)c1. The molecule has 0 aliphatic carbocycles. The lowest BCUT2D eigenvalue weighted by Crippen LogP contribution is -2.41. The molecule has 116 valence electrons. The Balaban J connectivity index is 1.42. The summed E-state index contributed by atoms with van der Waals surface area (Å²) >= 11 is 0. The zero-order valence-corrected chi connectivity index (χ0v) is 12.8. The van der Waals surface area contributed by atoms with Crippen LogP contribution >= 0.6 is 0 Å². The molecule has 22 heavy (non-hydrogen) atoms. The molecule has 5 nitrogen and oxygen atoms in total. The Bertz CT molecular complexity index is 651. The van der Waals surface area contributed by atoms with Crippen molar-refractivity contribution in [3.05, 3.63) is 48.0 Å². The summed E-state index contributed by atoms with van der Waals surface area (Å²) in [5, 5.41) is 3.08. The van der Waals surface area contributed by atoms with Crippen LogP contribution in [-0.4, -0.2) is 28.1 Å². The summed E-state index contributed by atoms with van der Waals surface area (Å²) in [6.07, 6.45) is 6.02. The first-order valence-electron chi connectivity index (χ1n) is 7.69. The summed E-state index contributed by atoms with van der Waals surface area (Å²) < 4.78 is 7.72. The average Bonchev–Trinajstić information content (AvgIpc) is 2.95. The standard InChI is InChI=1S/C17H21N3O2/c1-13-3-2-4-15(11-13)22-10-7-17(21)19-14-5-6-16-18-8-9-20(16)12-14/h2-4,8-9,11,14H,5-7,10,12H2,1H3,(H,19,21). The average molecular weight is 299 g/mol. The van der Waals surface area contributed by atoms with E-state index in [-0.39, 0.29) is 11.9 Å². The molecule has 1 aliphatic rings. The van der Waals surface area contributed by atoms with E-state index in [0.717, 1.165) is 36.5 Å². The number of hydrogen-bond acceptors (Lipinski definition) is 3. The second-order valence-electron chi connectivity index (χ2n) is 5.71. The Labute approximate surface area is 130 Å². The number of ether oxygens (including phenoxy) is 1. The van der Waals surface area contributed by atoms with Crippen LogP contribution in [0.15, 0.2) is 36.7 Å². The van der Waals surface area contributed by atoms with E-state index in [9.17, 15) is 4.79 Å². The zero-order valence-electron chi connectivity index (χ0n) is 12.8. The fraction of sp³-hybridized carbons (Fsp3) is 0.412. The lowest BCUT2D eigenvalue weighted by atomic mass is 10.1. The Morgan fingerprint density at radius 3 is 3.27 bits per heavy atom. The van der Waals surface area contributed by atoms with Crippen molar-refractivity contribution in [1.29, 1.82) is 0 Å². The second-order valence-corrected chi connectivity index (χ2v) is 5.71. The van der Waals surface area contributed by atoms with Gasteiger partial charge >= 0.3 is 0 Å². The van der Waals surface area contributed by atoms with Crippen molar-refractivity contribution < 1.29 is 9.53 Å². The van der Waals surface area contributed by atoms with Gasteiger partial charge in [0.2, 0.25) is 5.91 Å². The number of rotatable bonds is 5. The van der Waals surface area contributed by atoms with Crippen LogP contribution in [-0.2, 0) is 17.8 Å². The van der Waals surface area contributed by atoms with Crippen LogP contribution in [0.25, 0.3) is 0 Å². The van der Waals surface area contributed by atoms with Crippen LogP contribution in [0.3, 0.4) is 0 Å². The van der Waals surface area contributed by atoms with Gasteiger partial charge in [-0.15, -0.1) is 0 Å². The molecule has 0 saturated carbocycles. The zero-order chi connectivity index (χ0) is 15.4. The highest BCUT2D eigenvalue weighted by atomic mass is 16.5. The van der Waals surface area contributed by atoms with E-state index in [1.807, 2.05) is 43.6 Å². The topological polar surface area (TPSA) is 56.1 Å². The van der Waals surface area contributed by atoms with Crippen LogP contribution < -0.4 is 10.1 Å². The molecule has 1 aromatic heterocycles. The van der Waals surface area contributed by atoms with Crippen LogP contribution in [0.1, 0.15) is 24.2 Å². The van der Waals surface area contributed by atoms with Gasteiger partial charge in [0, 0.05) is 31.4 Å². The van der Waals surface area contributed by atoms with Gasteiger partial charge in [-0.3, -0.25) is 4.79 Å². The van der Waals surface area contributed by atoms with Gasteiger partial charge in [-0.25, -0.2) is 4.98 Å². The molecule has 1 amide bonds. The summed E-state index contributed by atoms with van der Waals surface area (Å²) in [7, 11) is 0. The largest absolute Gasteiger partial charge is 0.493 e. The van der Waals surface area contributed by atoms with Crippen molar-refractivity contribution >= 4 is 5.91 Å². The number of carbonyl (C=O) groups is 1. The maximum atomic E-state index is 12.0. The predicted molar refractivity (Wildman–Crippen MR) is 83.8 cm³/mol. The van der Waals surface area contributed by atoms with Crippen molar-refractivity contribution in [2.75, 3.05) is 6.61 Å². The molecule has 0 fully saturated rings. The summed E-state index contributed by atoms with van der Waals surface area (Å²) in [6, 6.07) is 8.04. The van der Waals surface area contributed by atoms with Crippen molar-refractivity contribution in [3.8, 4) is 5.75 Å². The van der Waals surface area contributed by atoms with Crippen molar-refractivity contribution in [3.63, 3.8) is 0 Å². The monoisotopic (exact) mass is 299 g/mol. The molecule has 0 spiro atoms. The first-order chi connectivity index (χ1) is 10.7. The number of amides is 1. The van der Waals surface area contributed by atoms with E-state index in [1.165, 1.54) is 0 Å². The normalized spacial score (nSPS) is 16.9. The smallest absolute Gasteiger partial charge is 0.223 e. The molecular formula is C17H21N3O2. The lowest BCUT2D eigenvalue weighted by molar-refractivity contribution is -0.122. The molecule has 0 radical (unpaired) electrons. The third-order valence-electron chi connectivity index (χ3n) is 3.89. The molecule has 0 saturated heterocycles. The number of hydrogen-bond donors (Lipinski definition) is 1. The number of nitrogens with one attached hydrogen (secondary N) is 1.